The Bertz CT molecular complexity index is 1180. The van der Waals surface area contributed by atoms with Crippen LogP contribution in [0.1, 0.15) is 21.5 Å². The number of aromatic hydroxyl groups is 1. The van der Waals surface area contributed by atoms with Crippen LogP contribution in [0.25, 0.3) is 10.8 Å². The fraction of sp³-hybridized carbons (Fsp3) is 0.0400. The van der Waals surface area contributed by atoms with Gasteiger partial charge in [0, 0.05) is 5.56 Å². The van der Waals surface area contributed by atoms with Gasteiger partial charge < -0.3 is 9.84 Å². The van der Waals surface area contributed by atoms with Gasteiger partial charge in [0.15, 0.2) is 0 Å². The van der Waals surface area contributed by atoms with Crippen LogP contribution < -0.4 is 10.2 Å². The highest BCUT2D eigenvalue weighted by Crippen LogP contribution is 2.21. The number of hydrogen-bond acceptors (Lipinski definition) is 4. The van der Waals surface area contributed by atoms with E-state index >= 15 is 0 Å². The summed E-state index contributed by atoms with van der Waals surface area (Å²) in [6.45, 7) is 0.484. The summed E-state index contributed by atoms with van der Waals surface area (Å²) in [5.74, 6) is 0.521. The zero-order valence-electron chi connectivity index (χ0n) is 16.2. The second-order valence-electron chi connectivity index (χ2n) is 6.74. The van der Waals surface area contributed by atoms with E-state index in [9.17, 15) is 9.90 Å². The number of fused-ring (bicyclic) bond motifs is 1. The molecule has 0 atom stereocenters. The van der Waals surface area contributed by atoms with Crippen molar-refractivity contribution in [2.24, 2.45) is 5.10 Å². The lowest BCUT2D eigenvalue weighted by atomic mass is 10.1. The number of rotatable bonds is 6. The number of phenols is 1. The van der Waals surface area contributed by atoms with Crippen molar-refractivity contribution in [3.63, 3.8) is 0 Å². The molecule has 0 aliphatic carbocycles. The monoisotopic (exact) mass is 396 g/mol. The number of carbonyl (C=O) groups excluding carboxylic acids is 1. The van der Waals surface area contributed by atoms with Gasteiger partial charge in [0.1, 0.15) is 18.1 Å². The van der Waals surface area contributed by atoms with Crippen LogP contribution in [0.3, 0.4) is 0 Å². The molecule has 0 fully saturated rings. The molecular weight excluding hydrogens is 376 g/mol. The first-order chi connectivity index (χ1) is 14.7. The second kappa shape index (κ2) is 8.92. The minimum Gasteiger partial charge on any atom is -0.508 e. The molecule has 4 aromatic rings. The number of benzene rings is 4. The Labute approximate surface area is 174 Å². The molecule has 4 aromatic carbocycles. The number of nitrogens with zero attached hydrogens (tertiary/aromatic N) is 1. The molecule has 30 heavy (non-hydrogen) atoms. The molecule has 0 unspecified atom stereocenters. The molecule has 0 aromatic heterocycles. The first-order valence-corrected chi connectivity index (χ1v) is 9.51. The molecular formula is C25H20N2O3. The van der Waals surface area contributed by atoms with Gasteiger partial charge in [-0.1, -0.05) is 42.5 Å². The zero-order chi connectivity index (χ0) is 20.8. The molecule has 5 nitrogen and oxygen atoms in total. The molecule has 0 saturated heterocycles. The SMILES string of the molecule is O=C(N/N=C\c1ccc(OCc2cccc3ccccc23)cc1)c1ccc(O)cc1. The number of amides is 1. The Kier molecular flexibility index (Phi) is 5.71. The van der Waals surface area contributed by atoms with Gasteiger partial charge in [0.25, 0.3) is 5.91 Å². The lowest BCUT2D eigenvalue weighted by molar-refractivity contribution is 0.0955. The standard InChI is InChI=1S/C25H20N2O3/c28-22-12-10-20(11-13-22)25(29)27-26-16-18-8-14-23(15-9-18)30-17-21-6-3-5-19-4-1-2-7-24(19)21/h1-16,28H,17H2,(H,27,29)/b26-16-. The Morgan fingerprint density at radius 3 is 2.43 bits per heavy atom. The second-order valence-corrected chi connectivity index (χ2v) is 6.74. The average molecular weight is 396 g/mol. The Balaban J connectivity index is 1.34. The summed E-state index contributed by atoms with van der Waals surface area (Å²) in [4.78, 5) is 12.0. The third-order valence-corrected chi connectivity index (χ3v) is 4.66. The van der Waals surface area contributed by atoms with Crippen molar-refractivity contribution >= 4 is 22.9 Å². The van der Waals surface area contributed by atoms with E-state index in [1.54, 1.807) is 6.21 Å². The molecule has 0 heterocycles. The summed E-state index contributed by atoms with van der Waals surface area (Å²) in [6.07, 6.45) is 1.56. The fourth-order valence-electron chi connectivity index (χ4n) is 3.07. The number of hydrazone groups is 1. The Hall–Kier alpha value is -4.12. The minimum atomic E-state index is -0.346. The van der Waals surface area contributed by atoms with Crippen molar-refractivity contribution in [2.75, 3.05) is 0 Å². The van der Waals surface area contributed by atoms with Gasteiger partial charge in [-0.3, -0.25) is 4.79 Å². The highest BCUT2D eigenvalue weighted by molar-refractivity contribution is 5.95. The van der Waals surface area contributed by atoms with Gasteiger partial charge >= 0.3 is 0 Å². The topological polar surface area (TPSA) is 70.9 Å². The average Bonchev–Trinajstić information content (AvgIpc) is 2.79. The molecule has 0 aliphatic heterocycles. The Morgan fingerprint density at radius 1 is 0.900 bits per heavy atom. The van der Waals surface area contributed by atoms with Gasteiger partial charge in [-0.2, -0.15) is 5.10 Å². The summed E-state index contributed by atoms with van der Waals surface area (Å²) >= 11 is 0. The van der Waals surface area contributed by atoms with E-state index in [-0.39, 0.29) is 11.7 Å². The molecule has 5 heteroatoms. The molecule has 0 radical (unpaired) electrons. The zero-order valence-corrected chi connectivity index (χ0v) is 16.2. The summed E-state index contributed by atoms with van der Waals surface area (Å²) in [5.41, 5.74) is 4.85. The number of carbonyl (C=O) groups is 1. The van der Waals surface area contributed by atoms with E-state index in [2.05, 4.69) is 34.8 Å². The predicted octanol–water partition coefficient (Wildman–Crippen LogP) is 4.89. The molecule has 0 bridgehead atoms. The first-order valence-electron chi connectivity index (χ1n) is 9.51. The third kappa shape index (κ3) is 4.64. The van der Waals surface area contributed by atoms with E-state index in [4.69, 9.17) is 4.74 Å². The van der Waals surface area contributed by atoms with Crippen molar-refractivity contribution in [1.29, 1.82) is 0 Å². The summed E-state index contributed by atoms with van der Waals surface area (Å²) in [7, 11) is 0. The minimum absolute atomic E-state index is 0.109. The molecule has 148 valence electrons. The van der Waals surface area contributed by atoms with Crippen LogP contribution in [-0.4, -0.2) is 17.2 Å². The van der Waals surface area contributed by atoms with E-state index in [1.807, 2.05) is 42.5 Å². The first kappa shape index (κ1) is 19.2. The van der Waals surface area contributed by atoms with Gasteiger partial charge in [0.05, 0.1) is 6.21 Å². The number of hydrogen-bond donors (Lipinski definition) is 2. The maximum atomic E-state index is 12.0. The largest absolute Gasteiger partial charge is 0.508 e. The highest BCUT2D eigenvalue weighted by Gasteiger charge is 2.04. The van der Waals surface area contributed by atoms with Crippen LogP contribution in [0.5, 0.6) is 11.5 Å². The molecule has 4 rings (SSSR count). The lowest BCUT2D eigenvalue weighted by Crippen LogP contribution is -2.17. The summed E-state index contributed by atoms with van der Waals surface area (Å²) in [6, 6.07) is 27.9. The van der Waals surface area contributed by atoms with Gasteiger partial charge in [-0.25, -0.2) is 5.43 Å². The quantitative estimate of drug-likeness (QED) is 0.360. The normalized spacial score (nSPS) is 10.9. The molecule has 1 amide bonds. The molecule has 0 aliphatic rings. The van der Waals surface area contributed by atoms with Crippen molar-refractivity contribution in [2.45, 2.75) is 6.61 Å². The van der Waals surface area contributed by atoms with Gasteiger partial charge in [-0.05, 0) is 70.4 Å². The number of ether oxygens (including phenoxy) is 1. The lowest BCUT2D eigenvalue weighted by Gasteiger charge is -2.09. The fourth-order valence-corrected chi connectivity index (χ4v) is 3.07. The smallest absolute Gasteiger partial charge is 0.271 e. The van der Waals surface area contributed by atoms with E-state index in [0.29, 0.717) is 12.2 Å². The van der Waals surface area contributed by atoms with Crippen LogP contribution in [0.2, 0.25) is 0 Å². The summed E-state index contributed by atoms with van der Waals surface area (Å²) in [5, 5.41) is 15.6. The molecule has 0 saturated carbocycles. The number of nitrogens with one attached hydrogen (secondary N) is 1. The van der Waals surface area contributed by atoms with Crippen LogP contribution in [0, 0.1) is 0 Å². The maximum absolute atomic E-state index is 12.0. The maximum Gasteiger partial charge on any atom is 0.271 e. The molecule has 2 N–H and O–H groups in total. The van der Waals surface area contributed by atoms with E-state index in [0.717, 1.165) is 16.9 Å². The van der Waals surface area contributed by atoms with Crippen molar-refractivity contribution < 1.29 is 14.6 Å². The van der Waals surface area contributed by atoms with Crippen LogP contribution >= 0.6 is 0 Å². The predicted molar refractivity (Wildman–Crippen MR) is 118 cm³/mol. The van der Waals surface area contributed by atoms with Crippen molar-refractivity contribution in [3.05, 3.63) is 108 Å². The Morgan fingerprint density at radius 2 is 1.63 bits per heavy atom. The van der Waals surface area contributed by atoms with Crippen molar-refractivity contribution in [3.8, 4) is 11.5 Å². The highest BCUT2D eigenvalue weighted by atomic mass is 16.5. The number of phenolic OH excluding ortho intramolecular Hbond substituents is 1. The van der Waals surface area contributed by atoms with Gasteiger partial charge in [0.2, 0.25) is 0 Å². The van der Waals surface area contributed by atoms with Crippen LogP contribution in [-0.2, 0) is 6.61 Å². The molecule has 0 spiro atoms. The van der Waals surface area contributed by atoms with Gasteiger partial charge in [-0.15, -0.1) is 0 Å². The summed E-state index contributed by atoms with van der Waals surface area (Å²) < 4.78 is 5.93. The van der Waals surface area contributed by atoms with Crippen molar-refractivity contribution in [1.82, 2.24) is 5.43 Å². The van der Waals surface area contributed by atoms with Crippen LogP contribution in [0.15, 0.2) is 96.1 Å². The van der Waals surface area contributed by atoms with E-state index < -0.39 is 0 Å². The van der Waals surface area contributed by atoms with Crippen LogP contribution in [0.4, 0.5) is 0 Å². The van der Waals surface area contributed by atoms with E-state index in [1.165, 1.54) is 35.0 Å². The third-order valence-electron chi connectivity index (χ3n) is 4.66.